The first-order chi connectivity index (χ1) is 9.67. The van der Waals surface area contributed by atoms with Crippen molar-refractivity contribution in [2.75, 3.05) is 12.9 Å². The molecule has 0 saturated heterocycles. The summed E-state index contributed by atoms with van der Waals surface area (Å²) in [6.45, 7) is 1.92. The number of benzene rings is 1. The smallest absolute Gasteiger partial charge is 0.270 e. The van der Waals surface area contributed by atoms with Gasteiger partial charge in [-0.15, -0.1) is 0 Å². The molecule has 0 saturated carbocycles. The van der Waals surface area contributed by atoms with Gasteiger partial charge in [0.2, 0.25) is 0 Å². The van der Waals surface area contributed by atoms with Crippen LogP contribution in [0, 0.1) is 0 Å². The van der Waals surface area contributed by atoms with Crippen molar-refractivity contribution < 1.29 is 9.90 Å². The van der Waals surface area contributed by atoms with Crippen LogP contribution in [0.5, 0.6) is 0 Å². The first-order valence-corrected chi connectivity index (χ1v) is 7.74. The molecule has 0 aliphatic carbocycles. The van der Waals surface area contributed by atoms with E-state index >= 15 is 0 Å². The lowest BCUT2D eigenvalue weighted by Crippen LogP contribution is -2.41. The minimum Gasteiger partial charge on any atom is -0.395 e. The van der Waals surface area contributed by atoms with Gasteiger partial charge in [0.25, 0.3) is 5.91 Å². The first-order valence-electron chi connectivity index (χ1n) is 6.45. The zero-order chi connectivity index (χ0) is 14.5. The van der Waals surface area contributed by atoms with E-state index in [0.29, 0.717) is 5.69 Å². The van der Waals surface area contributed by atoms with Crippen molar-refractivity contribution in [1.82, 2.24) is 10.3 Å². The second-order valence-corrected chi connectivity index (χ2v) is 5.68. The topological polar surface area (TPSA) is 62.2 Å². The molecular formula is C15H18N2O2S. The molecule has 0 radical (unpaired) electrons. The quantitative estimate of drug-likeness (QED) is 0.885. The molecule has 0 spiro atoms. The number of amides is 1. The van der Waals surface area contributed by atoms with E-state index < -0.39 is 0 Å². The van der Waals surface area contributed by atoms with Crippen LogP contribution in [-0.4, -0.2) is 40.2 Å². The zero-order valence-corrected chi connectivity index (χ0v) is 12.4. The number of carbonyl (C=O) groups excluding carboxylic acids is 1. The number of nitrogens with one attached hydrogen (secondary N) is 1. The highest BCUT2D eigenvalue weighted by molar-refractivity contribution is 7.99. The fourth-order valence-corrected chi connectivity index (χ4v) is 2.73. The number of fused-ring (bicyclic) bond motifs is 1. The Labute approximate surface area is 122 Å². The van der Waals surface area contributed by atoms with E-state index in [1.54, 1.807) is 6.20 Å². The van der Waals surface area contributed by atoms with Gasteiger partial charge in [0.15, 0.2) is 0 Å². The number of aliphatic hydroxyl groups is 1. The van der Waals surface area contributed by atoms with Gasteiger partial charge in [-0.1, -0.05) is 24.3 Å². The van der Waals surface area contributed by atoms with Crippen LogP contribution in [-0.2, 0) is 0 Å². The maximum atomic E-state index is 12.3. The van der Waals surface area contributed by atoms with Crippen molar-refractivity contribution in [3.8, 4) is 0 Å². The summed E-state index contributed by atoms with van der Waals surface area (Å²) in [6.07, 6.45) is 3.56. The van der Waals surface area contributed by atoms with E-state index in [1.807, 2.05) is 43.5 Å². The summed E-state index contributed by atoms with van der Waals surface area (Å²) < 4.78 is 0. The van der Waals surface area contributed by atoms with E-state index in [1.165, 1.54) is 11.8 Å². The number of aromatic nitrogens is 1. The Balaban J connectivity index is 2.24. The third-order valence-corrected chi connectivity index (χ3v) is 4.45. The molecule has 1 amide bonds. The second kappa shape index (κ2) is 6.72. The molecule has 20 heavy (non-hydrogen) atoms. The van der Waals surface area contributed by atoms with Crippen molar-refractivity contribution in [2.24, 2.45) is 0 Å². The Morgan fingerprint density at radius 3 is 2.85 bits per heavy atom. The number of carbonyl (C=O) groups is 1. The van der Waals surface area contributed by atoms with Crippen molar-refractivity contribution in [1.29, 1.82) is 0 Å². The Kier molecular flexibility index (Phi) is 4.98. The lowest BCUT2D eigenvalue weighted by Gasteiger charge is -2.21. The minimum atomic E-state index is -0.207. The van der Waals surface area contributed by atoms with Crippen molar-refractivity contribution in [3.05, 3.63) is 42.2 Å². The minimum absolute atomic E-state index is 0.0195. The predicted molar refractivity (Wildman–Crippen MR) is 83.1 cm³/mol. The van der Waals surface area contributed by atoms with Gasteiger partial charge >= 0.3 is 0 Å². The van der Waals surface area contributed by atoms with Crippen LogP contribution >= 0.6 is 11.8 Å². The molecule has 4 nitrogen and oxygen atoms in total. The standard InChI is InChI=1S/C15H18N2O2S/c1-10(13(9-18)20-2)17-15(19)14-12-6-4-3-5-11(12)7-8-16-14/h3-8,10,13,18H,9H2,1-2H3,(H,17,19). The summed E-state index contributed by atoms with van der Waals surface area (Å²) in [5, 5.41) is 14.0. The molecule has 0 fully saturated rings. The van der Waals surface area contributed by atoms with Crippen molar-refractivity contribution in [3.63, 3.8) is 0 Å². The van der Waals surface area contributed by atoms with E-state index in [-0.39, 0.29) is 23.8 Å². The van der Waals surface area contributed by atoms with Crippen LogP contribution in [0.25, 0.3) is 10.8 Å². The Bertz CT molecular complexity index is 594. The van der Waals surface area contributed by atoms with E-state index in [2.05, 4.69) is 10.3 Å². The second-order valence-electron chi connectivity index (χ2n) is 4.60. The van der Waals surface area contributed by atoms with Crippen molar-refractivity contribution >= 4 is 28.4 Å². The third kappa shape index (κ3) is 3.11. The first kappa shape index (κ1) is 14.8. The largest absolute Gasteiger partial charge is 0.395 e. The number of aliphatic hydroxyl groups excluding tert-OH is 1. The number of nitrogens with zero attached hydrogens (tertiary/aromatic N) is 1. The SMILES string of the molecule is CSC(CO)C(C)NC(=O)c1nccc2ccccc12. The van der Waals surface area contributed by atoms with E-state index in [4.69, 9.17) is 0 Å². The summed E-state index contributed by atoms with van der Waals surface area (Å²) in [6, 6.07) is 9.43. The van der Waals surface area contributed by atoms with Crippen LogP contribution in [0.1, 0.15) is 17.4 Å². The molecule has 0 aliphatic heterocycles. The fraction of sp³-hybridized carbons (Fsp3) is 0.333. The number of hydrogen-bond acceptors (Lipinski definition) is 4. The number of thioether (sulfide) groups is 1. The lowest BCUT2D eigenvalue weighted by molar-refractivity contribution is 0.0933. The molecule has 1 aromatic heterocycles. The monoisotopic (exact) mass is 290 g/mol. The average Bonchev–Trinajstić information content (AvgIpc) is 2.47. The molecule has 2 N–H and O–H groups in total. The van der Waals surface area contributed by atoms with Gasteiger partial charge in [-0.05, 0) is 24.6 Å². The molecule has 1 heterocycles. The Hall–Kier alpha value is -1.59. The van der Waals surface area contributed by atoms with E-state index in [0.717, 1.165) is 10.8 Å². The number of hydrogen-bond donors (Lipinski definition) is 2. The van der Waals surface area contributed by atoms with Gasteiger partial charge in [-0.2, -0.15) is 11.8 Å². The Morgan fingerprint density at radius 1 is 1.40 bits per heavy atom. The molecule has 2 atom stereocenters. The normalized spacial score (nSPS) is 13.9. The van der Waals surface area contributed by atoms with Crippen molar-refractivity contribution in [2.45, 2.75) is 18.2 Å². The highest BCUT2D eigenvalue weighted by Crippen LogP contribution is 2.17. The van der Waals surface area contributed by atoms with Crippen LogP contribution in [0.2, 0.25) is 0 Å². The molecular weight excluding hydrogens is 272 g/mol. The molecule has 2 rings (SSSR count). The maximum Gasteiger partial charge on any atom is 0.270 e. The molecule has 2 aromatic rings. The highest BCUT2D eigenvalue weighted by atomic mass is 32.2. The van der Waals surface area contributed by atoms with Gasteiger partial charge in [-0.3, -0.25) is 9.78 Å². The predicted octanol–water partition coefficient (Wildman–Crippen LogP) is 2.08. The van der Waals surface area contributed by atoms with Gasteiger partial charge in [-0.25, -0.2) is 0 Å². The number of rotatable bonds is 5. The summed E-state index contributed by atoms with van der Waals surface area (Å²) in [5.41, 5.74) is 0.424. The molecule has 5 heteroatoms. The molecule has 2 unspecified atom stereocenters. The van der Waals surface area contributed by atoms with Crippen LogP contribution in [0.4, 0.5) is 0 Å². The molecule has 0 aliphatic rings. The molecule has 106 valence electrons. The van der Waals surface area contributed by atoms with Gasteiger partial charge in [0.05, 0.1) is 6.61 Å². The third-order valence-electron chi connectivity index (χ3n) is 3.29. The summed E-state index contributed by atoms with van der Waals surface area (Å²) in [5.74, 6) is -0.207. The number of pyridine rings is 1. The van der Waals surface area contributed by atoms with Crippen LogP contribution in [0.3, 0.4) is 0 Å². The molecule has 1 aromatic carbocycles. The fourth-order valence-electron chi connectivity index (χ4n) is 2.11. The lowest BCUT2D eigenvalue weighted by atomic mass is 10.1. The molecule has 0 bridgehead atoms. The van der Waals surface area contributed by atoms with E-state index in [9.17, 15) is 9.90 Å². The summed E-state index contributed by atoms with van der Waals surface area (Å²) >= 11 is 1.53. The highest BCUT2D eigenvalue weighted by Gasteiger charge is 2.19. The van der Waals surface area contributed by atoms with Gasteiger partial charge in [0, 0.05) is 22.9 Å². The maximum absolute atomic E-state index is 12.3. The van der Waals surface area contributed by atoms with Crippen LogP contribution in [0.15, 0.2) is 36.5 Å². The summed E-state index contributed by atoms with van der Waals surface area (Å²) in [4.78, 5) is 16.5. The Morgan fingerprint density at radius 2 is 2.15 bits per heavy atom. The average molecular weight is 290 g/mol. The van der Waals surface area contributed by atoms with Crippen LogP contribution < -0.4 is 5.32 Å². The summed E-state index contributed by atoms with van der Waals surface area (Å²) in [7, 11) is 0. The van der Waals surface area contributed by atoms with Gasteiger partial charge < -0.3 is 10.4 Å². The van der Waals surface area contributed by atoms with Gasteiger partial charge in [0.1, 0.15) is 5.69 Å². The zero-order valence-electron chi connectivity index (χ0n) is 11.5.